The van der Waals surface area contributed by atoms with Gasteiger partial charge in [-0.2, -0.15) is 0 Å². The molecular formula is C21H22N2O2S. The summed E-state index contributed by atoms with van der Waals surface area (Å²) in [6.07, 6.45) is 4.32. The zero-order valence-corrected chi connectivity index (χ0v) is 15.6. The van der Waals surface area contributed by atoms with Gasteiger partial charge < -0.3 is 9.88 Å². The van der Waals surface area contributed by atoms with E-state index in [4.69, 9.17) is 0 Å². The number of carbonyl (C=O) groups excluding carboxylic acids is 1. The minimum Gasteiger partial charge on any atom is -0.330 e. The normalized spacial score (nSPS) is 14.8. The van der Waals surface area contributed by atoms with Crippen molar-refractivity contribution in [2.75, 3.05) is 0 Å². The number of aromatic amines is 1. The fraction of sp³-hybridized carbons (Fsp3) is 0.333. The standard InChI is InChI=1S/C21H22N2O2S/c1-14-6-4-7-15-12-16(20(24)22-19(14)15)13-23(17-8-2-3-9-17)21(25)18-10-5-11-26-18/h4-7,10-12,17H,2-3,8-9,13H2,1H3,(H,22,24). The first-order valence-corrected chi connectivity index (χ1v) is 9.97. The number of amides is 1. The molecule has 1 aliphatic rings. The van der Waals surface area contributed by atoms with Gasteiger partial charge in [0, 0.05) is 11.6 Å². The van der Waals surface area contributed by atoms with Crippen LogP contribution in [0.15, 0.2) is 46.6 Å². The largest absolute Gasteiger partial charge is 0.330 e. The topological polar surface area (TPSA) is 53.2 Å². The number of nitrogens with zero attached hydrogens (tertiary/aromatic N) is 1. The zero-order chi connectivity index (χ0) is 18.1. The van der Waals surface area contributed by atoms with E-state index in [0.717, 1.165) is 47.0 Å². The molecule has 134 valence electrons. The van der Waals surface area contributed by atoms with Gasteiger partial charge >= 0.3 is 0 Å². The number of pyridine rings is 1. The van der Waals surface area contributed by atoms with Gasteiger partial charge in [-0.3, -0.25) is 9.59 Å². The fourth-order valence-electron chi connectivity index (χ4n) is 3.85. The van der Waals surface area contributed by atoms with E-state index in [9.17, 15) is 9.59 Å². The van der Waals surface area contributed by atoms with Gasteiger partial charge in [0.25, 0.3) is 11.5 Å². The minimum absolute atomic E-state index is 0.0376. The van der Waals surface area contributed by atoms with Crippen LogP contribution < -0.4 is 5.56 Å². The van der Waals surface area contributed by atoms with Gasteiger partial charge in [-0.1, -0.05) is 37.1 Å². The minimum atomic E-state index is -0.103. The summed E-state index contributed by atoms with van der Waals surface area (Å²) >= 11 is 1.46. The van der Waals surface area contributed by atoms with E-state index >= 15 is 0 Å². The van der Waals surface area contributed by atoms with Gasteiger partial charge in [-0.25, -0.2) is 0 Å². The van der Waals surface area contributed by atoms with Crippen molar-refractivity contribution in [1.82, 2.24) is 9.88 Å². The van der Waals surface area contributed by atoms with Crippen molar-refractivity contribution in [2.24, 2.45) is 0 Å². The number of aromatic nitrogens is 1. The van der Waals surface area contributed by atoms with E-state index in [-0.39, 0.29) is 17.5 Å². The number of para-hydroxylation sites is 1. The highest BCUT2D eigenvalue weighted by atomic mass is 32.1. The third kappa shape index (κ3) is 3.19. The zero-order valence-electron chi connectivity index (χ0n) is 14.8. The van der Waals surface area contributed by atoms with E-state index in [1.54, 1.807) is 0 Å². The quantitative estimate of drug-likeness (QED) is 0.740. The summed E-state index contributed by atoms with van der Waals surface area (Å²) < 4.78 is 0. The van der Waals surface area contributed by atoms with Crippen LogP contribution in [-0.2, 0) is 6.54 Å². The van der Waals surface area contributed by atoms with Crippen LogP contribution in [0, 0.1) is 6.92 Å². The van der Waals surface area contributed by atoms with Gasteiger partial charge in [0.1, 0.15) is 0 Å². The average Bonchev–Trinajstić information content (AvgIpc) is 3.34. The Labute approximate surface area is 156 Å². The number of H-pyrrole nitrogens is 1. The molecule has 0 saturated heterocycles. The molecule has 3 aromatic rings. The lowest BCUT2D eigenvalue weighted by Gasteiger charge is -2.28. The van der Waals surface area contributed by atoms with Crippen molar-refractivity contribution >= 4 is 28.1 Å². The predicted octanol–water partition coefficient (Wildman–Crippen LogP) is 4.48. The summed E-state index contributed by atoms with van der Waals surface area (Å²) in [6, 6.07) is 11.9. The van der Waals surface area contributed by atoms with Crippen LogP contribution in [-0.4, -0.2) is 21.8 Å². The Kier molecular flexibility index (Phi) is 4.64. The molecule has 5 heteroatoms. The molecular weight excluding hydrogens is 344 g/mol. The monoisotopic (exact) mass is 366 g/mol. The average molecular weight is 366 g/mol. The highest BCUT2D eigenvalue weighted by Crippen LogP contribution is 2.27. The number of aryl methyl sites for hydroxylation is 1. The number of fused-ring (bicyclic) bond motifs is 1. The Hall–Kier alpha value is -2.40. The Morgan fingerprint density at radius 2 is 2.04 bits per heavy atom. The molecule has 0 atom stereocenters. The molecule has 0 aliphatic heterocycles. The molecule has 1 amide bonds. The summed E-state index contributed by atoms with van der Waals surface area (Å²) in [6.45, 7) is 2.35. The number of benzene rings is 1. The molecule has 4 nitrogen and oxygen atoms in total. The maximum absolute atomic E-state index is 13.1. The molecule has 1 fully saturated rings. The van der Waals surface area contributed by atoms with Crippen molar-refractivity contribution in [1.29, 1.82) is 0 Å². The summed E-state index contributed by atoms with van der Waals surface area (Å²) in [4.78, 5) is 31.4. The highest BCUT2D eigenvalue weighted by Gasteiger charge is 2.28. The first-order chi connectivity index (χ1) is 12.6. The second-order valence-electron chi connectivity index (χ2n) is 7.01. The maximum atomic E-state index is 13.1. The molecule has 1 N–H and O–H groups in total. The predicted molar refractivity (Wildman–Crippen MR) is 106 cm³/mol. The molecule has 2 aromatic heterocycles. The number of thiophene rings is 1. The SMILES string of the molecule is Cc1cccc2cc(CN(C(=O)c3cccs3)C3CCCC3)c(=O)[nH]c12. The van der Waals surface area contributed by atoms with Crippen LogP contribution in [0.5, 0.6) is 0 Å². The lowest BCUT2D eigenvalue weighted by atomic mass is 10.1. The molecule has 0 spiro atoms. The smallest absolute Gasteiger partial charge is 0.264 e. The lowest BCUT2D eigenvalue weighted by molar-refractivity contribution is 0.0669. The molecule has 4 rings (SSSR count). The van der Waals surface area contributed by atoms with Gasteiger partial charge in [-0.15, -0.1) is 11.3 Å². The van der Waals surface area contributed by atoms with E-state index < -0.39 is 0 Å². The molecule has 0 bridgehead atoms. The molecule has 1 aliphatic carbocycles. The first kappa shape index (κ1) is 17.0. The molecule has 0 unspecified atom stereocenters. The Bertz CT molecular complexity index is 985. The molecule has 1 saturated carbocycles. The van der Waals surface area contributed by atoms with Gasteiger partial charge in [0.2, 0.25) is 0 Å². The second kappa shape index (κ2) is 7.08. The van der Waals surface area contributed by atoms with Crippen molar-refractivity contribution in [2.45, 2.75) is 45.2 Å². The van der Waals surface area contributed by atoms with Crippen LogP contribution in [0.3, 0.4) is 0 Å². The highest BCUT2D eigenvalue weighted by molar-refractivity contribution is 7.12. The fourth-order valence-corrected chi connectivity index (χ4v) is 4.53. The third-order valence-corrected chi connectivity index (χ3v) is 6.12. The van der Waals surface area contributed by atoms with Crippen molar-refractivity contribution < 1.29 is 4.79 Å². The van der Waals surface area contributed by atoms with E-state index in [0.29, 0.717) is 12.1 Å². The van der Waals surface area contributed by atoms with E-state index in [1.807, 2.05) is 53.6 Å². The number of hydrogen-bond acceptors (Lipinski definition) is 3. The second-order valence-corrected chi connectivity index (χ2v) is 7.96. The number of nitrogens with one attached hydrogen (secondary N) is 1. The van der Waals surface area contributed by atoms with Crippen LogP contribution >= 0.6 is 11.3 Å². The van der Waals surface area contributed by atoms with Crippen LogP contribution in [0.25, 0.3) is 10.9 Å². The summed E-state index contributed by atoms with van der Waals surface area (Å²) in [5.41, 5.74) is 2.47. The van der Waals surface area contributed by atoms with Gasteiger partial charge in [0.05, 0.1) is 16.9 Å². The van der Waals surface area contributed by atoms with Crippen LogP contribution in [0.4, 0.5) is 0 Å². The Morgan fingerprint density at radius 3 is 2.77 bits per heavy atom. The van der Waals surface area contributed by atoms with Crippen LogP contribution in [0.1, 0.15) is 46.5 Å². The summed E-state index contributed by atoms with van der Waals surface area (Å²) in [5, 5.41) is 2.93. The van der Waals surface area contributed by atoms with E-state index in [2.05, 4.69) is 4.98 Å². The number of hydrogen-bond donors (Lipinski definition) is 1. The molecule has 26 heavy (non-hydrogen) atoms. The van der Waals surface area contributed by atoms with E-state index in [1.165, 1.54) is 11.3 Å². The molecule has 1 aromatic carbocycles. The summed E-state index contributed by atoms with van der Waals surface area (Å²) in [7, 11) is 0. The maximum Gasteiger partial charge on any atom is 0.264 e. The first-order valence-electron chi connectivity index (χ1n) is 9.09. The molecule has 0 radical (unpaired) electrons. The molecule has 2 heterocycles. The van der Waals surface area contributed by atoms with Crippen molar-refractivity contribution in [3.63, 3.8) is 0 Å². The lowest BCUT2D eigenvalue weighted by Crippen LogP contribution is -2.39. The summed E-state index contributed by atoms with van der Waals surface area (Å²) in [5.74, 6) is 0.0376. The van der Waals surface area contributed by atoms with Crippen LogP contribution in [0.2, 0.25) is 0 Å². The Morgan fingerprint density at radius 1 is 1.23 bits per heavy atom. The number of carbonyl (C=O) groups is 1. The van der Waals surface area contributed by atoms with Crippen molar-refractivity contribution in [3.8, 4) is 0 Å². The Balaban J connectivity index is 1.71. The van der Waals surface area contributed by atoms with Gasteiger partial charge in [-0.05, 0) is 48.2 Å². The third-order valence-electron chi connectivity index (χ3n) is 5.26. The van der Waals surface area contributed by atoms with Gasteiger partial charge in [0.15, 0.2) is 0 Å². The number of rotatable bonds is 4. The van der Waals surface area contributed by atoms with Crippen molar-refractivity contribution in [3.05, 3.63) is 68.1 Å².